The average Bonchev–Trinajstić information content (AvgIpc) is 2.96. The number of nitrogens with zero attached hydrogens (tertiary/aromatic N) is 1. The molecule has 146 valence electrons. The lowest BCUT2D eigenvalue weighted by atomic mass is 9.80. The molecule has 1 N–H and O–H groups in total. The first-order valence-electron chi connectivity index (χ1n) is 9.90. The number of methoxy groups -OCH3 is 1. The molecule has 0 spiro atoms. The van der Waals surface area contributed by atoms with Gasteiger partial charge in [0, 0.05) is 24.2 Å². The maximum atomic E-state index is 11.5. The maximum absolute atomic E-state index is 11.5. The van der Waals surface area contributed by atoms with E-state index in [-0.39, 0.29) is 6.61 Å². The standard InChI is InChI=1S/C24H27NO3/c1-3-13-28-21-8-6-7-18(14-21)17-25-19-11-12-20(25)16-24(26,15-19)22-9-4-5-10-23(22)27-2/h1,4-10,14,19-20,26H,11-13,15-17H2,2H3/t19-,20-/m0/s1. The first-order valence-corrected chi connectivity index (χ1v) is 9.90. The van der Waals surface area contributed by atoms with Gasteiger partial charge in [-0.15, -0.1) is 6.42 Å². The first kappa shape index (κ1) is 18.9. The summed E-state index contributed by atoms with van der Waals surface area (Å²) >= 11 is 0. The number of fused-ring (bicyclic) bond motifs is 2. The molecule has 2 atom stereocenters. The summed E-state index contributed by atoms with van der Waals surface area (Å²) in [6, 6.07) is 16.7. The van der Waals surface area contributed by atoms with Crippen LogP contribution in [0.5, 0.6) is 11.5 Å². The van der Waals surface area contributed by atoms with Crippen molar-refractivity contribution in [2.45, 2.75) is 49.9 Å². The number of piperidine rings is 1. The lowest BCUT2D eigenvalue weighted by Gasteiger charge is -2.44. The minimum absolute atomic E-state index is 0.282. The second-order valence-electron chi connectivity index (χ2n) is 7.84. The monoisotopic (exact) mass is 377 g/mol. The molecule has 4 heteroatoms. The molecule has 0 aliphatic carbocycles. The largest absolute Gasteiger partial charge is 0.496 e. The molecule has 4 nitrogen and oxygen atoms in total. The van der Waals surface area contributed by atoms with Crippen molar-refractivity contribution in [2.24, 2.45) is 0 Å². The van der Waals surface area contributed by atoms with E-state index in [4.69, 9.17) is 15.9 Å². The van der Waals surface area contributed by atoms with E-state index in [9.17, 15) is 5.11 Å². The van der Waals surface area contributed by atoms with Crippen LogP contribution in [0.2, 0.25) is 0 Å². The van der Waals surface area contributed by atoms with E-state index in [0.717, 1.165) is 49.3 Å². The fourth-order valence-electron chi connectivity index (χ4n) is 4.89. The molecule has 4 rings (SSSR count). The number of hydrogen-bond donors (Lipinski definition) is 1. The van der Waals surface area contributed by atoms with Crippen molar-refractivity contribution in [1.82, 2.24) is 4.90 Å². The zero-order valence-electron chi connectivity index (χ0n) is 16.3. The topological polar surface area (TPSA) is 41.9 Å². The molecular weight excluding hydrogens is 350 g/mol. The van der Waals surface area contributed by atoms with Crippen LogP contribution >= 0.6 is 0 Å². The van der Waals surface area contributed by atoms with Crippen LogP contribution in [0.4, 0.5) is 0 Å². The third-order valence-corrected chi connectivity index (χ3v) is 6.11. The predicted molar refractivity (Wildman–Crippen MR) is 109 cm³/mol. The van der Waals surface area contributed by atoms with Crippen LogP contribution in [0, 0.1) is 12.3 Å². The molecule has 2 aliphatic rings. The van der Waals surface area contributed by atoms with Crippen LogP contribution in [0.3, 0.4) is 0 Å². The van der Waals surface area contributed by atoms with Crippen molar-refractivity contribution < 1.29 is 14.6 Å². The molecule has 0 aromatic heterocycles. The molecule has 0 unspecified atom stereocenters. The molecule has 2 aromatic carbocycles. The Balaban J connectivity index is 1.51. The Morgan fingerprint density at radius 2 is 1.89 bits per heavy atom. The highest BCUT2D eigenvalue weighted by Crippen LogP contribution is 2.48. The summed E-state index contributed by atoms with van der Waals surface area (Å²) in [5.41, 5.74) is 1.31. The second kappa shape index (κ2) is 7.87. The molecule has 2 saturated heterocycles. The van der Waals surface area contributed by atoms with Crippen molar-refractivity contribution in [3.8, 4) is 23.8 Å². The maximum Gasteiger partial charge on any atom is 0.148 e. The van der Waals surface area contributed by atoms with Gasteiger partial charge in [-0.25, -0.2) is 0 Å². The second-order valence-corrected chi connectivity index (χ2v) is 7.84. The SMILES string of the molecule is C#CCOc1cccc(CN2[C@H]3CC[C@H]2CC(O)(c2ccccc2OC)C3)c1. The molecule has 28 heavy (non-hydrogen) atoms. The van der Waals surface area contributed by atoms with Gasteiger partial charge in [0.2, 0.25) is 0 Å². The van der Waals surface area contributed by atoms with Gasteiger partial charge < -0.3 is 14.6 Å². The van der Waals surface area contributed by atoms with Gasteiger partial charge in [-0.3, -0.25) is 4.90 Å². The number of benzene rings is 2. The molecular formula is C24H27NO3. The molecule has 2 fully saturated rings. The Bertz CT molecular complexity index is 858. The molecule has 2 bridgehead atoms. The van der Waals surface area contributed by atoms with Gasteiger partial charge in [-0.05, 0) is 49.4 Å². The average molecular weight is 377 g/mol. The number of aliphatic hydroxyl groups is 1. The Morgan fingerprint density at radius 1 is 1.14 bits per heavy atom. The van der Waals surface area contributed by atoms with Crippen LogP contribution in [-0.4, -0.2) is 35.8 Å². The van der Waals surface area contributed by atoms with Crippen molar-refractivity contribution in [2.75, 3.05) is 13.7 Å². The van der Waals surface area contributed by atoms with Crippen molar-refractivity contribution in [3.63, 3.8) is 0 Å². The van der Waals surface area contributed by atoms with Gasteiger partial charge in [-0.2, -0.15) is 0 Å². The van der Waals surface area contributed by atoms with E-state index in [2.05, 4.69) is 23.0 Å². The lowest BCUT2D eigenvalue weighted by Crippen LogP contribution is -2.49. The van der Waals surface area contributed by atoms with Crippen molar-refractivity contribution >= 4 is 0 Å². The fraction of sp³-hybridized carbons (Fsp3) is 0.417. The van der Waals surface area contributed by atoms with Gasteiger partial charge in [0.15, 0.2) is 0 Å². The molecule has 0 amide bonds. The van der Waals surface area contributed by atoms with Crippen molar-refractivity contribution in [1.29, 1.82) is 0 Å². The Labute approximate surface area is 167 Å². The predicted octanol–water partition coefficient (Wildman–Crippen LogP) is 3.72. The number of para-hydroxylation sites is 1. The minimum atomic E-state index is -0.827. The normalized spacial score (nSPS) is 26.6. The minimum Gasteiger partial charge on any atom is -0.496 e. The van der Waals surface area contributed by atoms with Crippen LogP contribution < -0.4 is 9.47 Å². The van der Waals surface area contributed by atoms with E-state index >= 15 is 0 Å². The number of ether oxygens (including phenoxy) is 2. The summed E-state index contributed by atoms with van der Waals surface area (Å²) in [6.45, 7) is 1.15. The van der Waals surface area contributed by atoms with Gasteiger partial charge in [0.1, 0.15) is 18.1 Å². The first-order chi connectivity index (χ1) is 13.6. The Kier molecular flexibility index (Phi) is 5.30. The van der Waals surface area contributed by atoms with Crippen LogP contribution in [0.15, 0.2) is 48.5 Å². The van der Waals surface area contributed by atoms with Crippen LogP contribution in [-0.2, 0) is 12.1 Å². The molecule has 2 heterocycles. The quantitative estimate of drug-likeness (QED) is 0.779. The van der Waals surface area contributed by atoms with Gasteiger partial charge in [0.05, 0.1) is 12.7 Å². The van der Waals surface area contributed by atoms with Crippen LogP contribution in [0.25, 0.3) is 0 Å². The summed E-state index contributed by atoms with van der Waals surface area (Å²) in [5.74, 6) is 4.09. The molecule has 0 radical (unpaired) electrons. The Morgan fingerprint density at radius 3 is 2.61 bits per heavy atom. The number of rotatable bonds is 6. The van der Waals surface area contributed by atoms with E-state index in [1.165, 1.54) is 5.56 Å². The van der Waals surface area contributed by atoms with Crippen LogP contribution in [0.1, 0.15) is 36.8 Å². The molecule has 0 saturated carbocycles. The number of terminal acetylenes is 1. The van der Waals surface area contributed by atoms with E-state index in [1.54, 1.807) is 7.11 Å². The highest BCUT2D eigenvalue weighted by atomic mass is 16.5. The third-order valence-electron chi connectivity index (χ3n) is 6.11. The summed E-state index contributed by atoms with van der Waals surface area (Å²) in [6.07, 6.45) is 8.99. The fourth-order valence-corrected chi connectivity index (χ4v) is 4.89. The molecule has 2 aromatic rings. The third kappa shape index (κ3) is 3.61. The number of hydrogen-bond acceptors (Lipinski definition) is 4. The summed E-state index contributed by atoms with van der Waals surface area (Å²) in [7, 11) is 1.67. The summed E-state index contributed by atoms with van der Waals surface area (Å²) < 4.78 is 11.1. The van der Waals surface area contributed by atoms with E-state index < -0.39 is 5.60 Å². The Hall–Kier alpha value is -2.48. The van der Waals surface area contributed by atoms with E-state index in [1.807, 2.05) is 36.4 Å². The highest BCUT2D eigenvalue weighted by molar-refractivity contribution is 5.39. The molecule has 2 aliphatic heterocycles. The summed E-state index contributed by atoms with van der Waals surface area (Å²) in [5, 5.41) is 11.5. The lowest BCUT2D eigenvalue weighted by molar-refractivity contribution is -0.0606. The van der Waals surface area contributed by atoms with Gasteiger partial charge in [0.25, 0.3) is 0 Å². The van der Waals surface area contributed by atoms with Gasteiger partial charge >= 0.3 is 0 Å². The highest BCUT2D eigenvalue weighted by Gasteiger charge is 2.49. The van der Waals surface area contributed by atoms with E-state index in [0.29, 0.717) is 12.1 Å². The smallest absolute Gasteiger partial charge is 0.148 e. The van der Waals surface area contributed by atoms with Gasteiger partial charge in [-0.1, -0.05) is 36.3 Å². The zero-order chi connectivity index (χ0) is 19.6. The van der Waals surface area contributed by atoms with Crippen molar-refractivity contribution in [3.05, 3.63) is 59.7 Å². The zero-order valence-corrected chi connectivity index (χ0v) is 16.3. The summed E-state index contributed by atoms with van der Waals surface area (Å²) in [4.78, 5) is 2.55.